The fourth-order valence-corrected chi connectivity index (χ4v) is 7.39. The van der Waals surface area contributed by atoms with Crippen molar-refractivity contribution in [3.05, 3.63) is 83.4 Å². The van der Waals surface area contributed by atoms with Gasteiger partial charge in [0.25, 0.3) is 5.91 Å². The molecule has 2 atom stereocenters. The Bertz CT molecular complexity index is 2080. The minimum atomic E-state index is -0.989. The van der Waals surface area contributed by atoms with E-state index in [0.29, 0.717) is 49.4 Å². The van der Waals surface area contributed by atoms with Gasteiger partial charge >= 0.3 is 12.2 Å². The van der Waals surface area contributed by atoms with Crippen molar-refractivity contribution in [3.63, 3.8) is 0 Å². The molecule has 1 saturated heterocycles. The van der Waals surface area contributed by atoms with Crippen LogP contribution in [0.25, 0.3) is 22.5 Å². The third-order valence-corrected chi connectivity index (χ3v) is 10.5. The minimum absolute atomic E-state index is 0.185. The molecule has 0 spiro atoms. The van der Waals surface area contributed by atoms with Gasteiger partial charge in [0.2, 0.25) is 17.6 Å². The number of carbonyl (C=O) groups is 5. The number of nitrogens with zero attached hydrogens (tertiary/aromatic N) is 4. The fourth-order valence-electron chi connectivity index (χ4n) is 7.39. The SMILES string of the molecule is Cc1cc(C(=O)N[C@H]2CCN(C(=O)O)C2)ccc1-c1ccc(C[C@H](NC(=O)[C@H]2CC[C@H](CNC(=O)OC(C)(C)C)CC2)C(=O)Nc2ccc(-c3nn[nH]n3)cc2)cc1. The van der Waals surface area contributed by atoms with Crippen LogP contribution in [0, 0.1) is 18.8 Å². The average Bonchev–Trinajstić information content (AvgIpc) is 3.91. The molecule has 16 nitrogen and oxygen atoms in total. The van der Waals surface area contributed by atoms with Gasteiger partial charge in [-0.25, -0.2) is 9.59 Å². The van der Waals surface area contributed by atoms with Crippen LogP contribution >= 0.6 is 0 Å². The highest BCUT2D eigenvalue weighted by molar-refractivity contribution is 5.98. The van der Waals surface area contributed by atoms with E-state index in [9.17, 15) is 29.1 Å². The average molecular weight is 794 g/mol. The van der Waals surface area contributed by atoms with Crippen molar-refractivity contribution < 1.29 is 33.8 Å². The number of rotatable bonds is 12. The Morgan fingerprint density at radius 2 is 1.64 bits per heavy atom. The number of carboxylic acid groups (broad SMARTS) is 1. The predicted molar refractivity (Wildman–Crippen MR) is 216 cm³/mol. The van der Waals surface area contributed by atoms with Crippen LogP contribution in [0.1, 0.15) is 74.4 Å². The molecular formula is C42H51N9O7. The third kappa shape index (κ3) is 11.2. The van der Waals surface area contributed by atoms with Crippen molar-refractivity contribution in [3.8, 4) is 22.5 Å². The van der Waals surface area contributed by atoms with Crippen LogP contribution in [-0.2, 0) is 20.7 Å². The number of nitrogens with one attached hydrogen (secondary N) is 5. The number of alkyl carbamates (subject to hydrolysis) is 1. The van der Waals surface area contributed by atoms with Gasteiger partial charge < -0.3 is 36.0 Å². The van der Waals surface area contributed by atoms with Crippen molar-refractivity contribution >= 4 is 35.6 Å². The molecule has 0 radical (unpaired) electrons. The molecule has 1 aliphatic heterocycles. The molecule has 0 unspecified atom stereocenters. The summed E-state index contributed by atoms with van der Waals surface area (Å²) in [7, 11) is 0. The smallest absolute Gasteiger partial charge is 0.407 e. The Labute approximate surface area is 336 Å². The molecule has 1 aliphatic carbocycles. The lowest BCUT2D eigenvalue weighted by atomic mass is 9.81. The van der Waals surface area contributed by atoms with Gasteiger partial charge in [0.05, 0.1) is 0 Å². The number of anilines is 1. The molecule has 2 aliphatic rings. The third-order valence-electron chi connectivity index (χ3n) is 10.5. The first-order valence-electron chi connectivity index (χ1n) is 19.6. The van der Waals surface area contributed by atoms with E-state index >= 15 is 0 Å². The lowest BCUT2D eigenvalue weighted by Gasteiger charge is -2.29. The van der Waals surface area contributed by atoms with Gasteiger partial charge in [-0.15, -0.1) is 10.2 Å². The maximum Gasteiger partial charge on any atom is 0.407 e. The summed E-state index contributed by atoms with van der Waals surface area (Å²) in [5, 5.41) is 35.0. The Hall–Kier alpha value is -6.32. The van der Waals surface area contributed by atoms with Crippen LogP contribution in [0.2, 0.25) is 0 Å². The Morgan fingerprint density at radius 1 is 0.931 bits per heavy atom. The van der Waals surface area contributed by atoms with Crippen molar-refractivity contribution in [1.29, 1.82) is 0 Å². The topological polar surface area (TPSA) is 221 Å². The van der Waals surface area contributed by atoms with E-state index in [4.69, 9.17) is 4.74 Å². The summed E-state index contributed by atoms with van der Waals surface area (Å²) in [6, 6.07) is 19.1. The molecular weight excluding hydrogens is 743 g/mol. The van der Waals surface area contributed by atoms with Gasteiger partial charge in [-0.05, 0) is 130 Å². The van der Waals surface area contributed by atoms with Crippen LogP contribution in [0.3, 0.4) is 0 Å². The van der Waals surface area contributed by atoms with E-state index in [-0.39, 0.29) is 48.6 Å². The molecule has 306 valence electrons. The summed E-state index contributed by atoms with van der Waals surface area (Å²) in [5.41, 5.74) is 4.77. The monoisotopic (exact) mass is 793 g/mol. The molecule has 16 heteroatoms. The van der Waals surface area contributed by atoms with Crippen LogP contribution in [0.15, 0.2) is 66.7 Å². The second-order valence-corrected chi connectivity index (χ2v) is 16.1. The van der Waals surface area contributed by atoms with E-state index < -0.39 is 23.8 Å². The second-order valence-electron chi connectivity index (χ2n) is 16.1. The van der Waals surface area contributed by atoms with Crippen LogP contribution in [0.4, 0.5) is 15.3 Å². The number of benzene rings is 3. The second kappa shape index (κ2) is 18.3. The van der Waals surface area contributed by atoms with Gasteiger partial charge in [0, 0.05) is 54.8 Å². The summed E-state index contributed by atoms with van der Waals surface area (Å²) >= 11 is 0. The Kier molecular flexibility index (Phi) is 13.0. The number of aryl methyl sites for hydroxylation is 1. The Balaban J connectivity index is 1.10. The highest BCUT2D eigenvalue weighted by Crippen LogP contribution is 2.30. The molecule has 58 heavy (non-hydrogen) atoms. The number of tetrazole rings is 1. The van der Waals surface area contributed by atoms with Gasteiger partial charge in [-0.2, -0.15) is 5.21 Å². The summed E-state index contributed by atoms with van der Waals surface area (Å²) < 4.78 is 5.35. The van der Waals surface area contributed by atoms with Gasteiger partial charge in [-0.1, -0.05) is 30.3 Å². The maximum absolute atomic E-state index is 13.8. The molecule has 6 N–H and O–H groups in total. The lowest BCUT2D eigenvalue weighted by Crippen LogP contribution is -2.48. The molecule has 3 aromatic carbocycles. The standard InChI is InChI=1S/C42H51N9O7/c1-25-21-31(38(53)45-33-19-20-51(24-33)41(56)57)15-18-34(25)28-9-5-26(6-10-28)22-35(39(54)44-32-16-13-29(14-17-32)36-47-49-50-48-36)46-37(52)30-11-7-27(8-12-30)23-43-40(55)58-42(2,3)4/h5-6,9-10,13-18,21,27,30,33,35H,7-8,11-12,19-20,22-24H2,1-4H3,(H,43,55)(H,44,54)(H,45,53)(H,46,52)(H,56,57)(H,47,48,49,50)/t27-,30-,33-,35-/m0/s1. The highest BCUT2D eigenvalue weighted by Gasteiger charge is 2.31. The number of aromatic amines is 1. The highest BCUT2D eigenvalue weighted by atomic mass is 16.6. The molecule has 6 rings (SSSR count). The van der Waals surface area contributed by atoms with Crippen molar-refractivity contribution in [1.82, 2.24) is 41.5 Å². The van der Waals surface area contributed by atoms with E-state index in [0.717, 1.165) is 40.7 Å². The van der Waals surface area contributed by atoms with Gasteiger partial charge in [0.15, 0.2) is 0 Å². The first kappa shape index (κ1) is 41.3. The van der Waals surface area contributed by atoms with Crippen molar-refractivity contribution in [2.45, 2.75) is 83.9 Å². The van der Waals surface area contributed by atoms with Crippen molar-refractivity contribution in [2.24, 2.45) is 11.8 Å². The first-order chi connectivity index (χ1) is 27.7. The van der Waals surface area contributed by atoms with Crippen LogP contribution in [0.5, 0.6) is 0 Å². The normalized spacial score (nSPS) is 18.5. The number of likely N-dealkylation sites (tertiary alicyclic amines) is 1. The maximum atomic E-state index is 13.8. The van der Waals surface area contributed by atoms with E-state index in [2.05, 4.69) is 41.9 Å². The van der Waals surface area contributed by atoms with Crippen LogP contribution < -0.4 is 21.3 Å². The van der Waals surface area contributed by atoms with Gasteiger partial charge in [0.1, 0.15) is 11.6 Å². The molecule has 1 aromatic heterocycles. The fraction of sp³-hybridized carbons (Fsp3) is 0.429. The Morgan fingerprint density at radius 3 is 2.26 bits per heavy atom. The summed E-state index contributed by atoms with van der Waals surface area (Å²) in [6.07, 6.45) is 2.16. The number of ether oxygens (including phenoxy) is 1. The zero-order chi connectivity index (χ0) is 41.4. The largest absolute Gasteiger partial charge is 0.465 e. The van der Waals surface area contributed by atoms with Gasteiger partial charge in [-0.3, -0.25) is 14.4 Å². The summed E-state index contributed by atoms with van der Waals surface area (Å²) in [5.74, 6) is -0.415. The minimum Gasteiger partial charge on any atom is -0.465 e. The van der Waals surface area contributed by atoms with Crippen molar-refractivity contribution in [2.75, 3.05) is 25.0 Å². The molecule has 1 saturated carbocycles. The number of amides is 5. The van der Waals surface area contributed by atoms with E-state index in [1.165, 1.54) is 4.90 Å². The summed E-state index contributed by atoms with van der Waals surface area (Å²) in [4.78, 5) is 65.2. The molecule has 0 bridgehead atoms. The zero-order valence-corrected chi connectivity index (χ0v) is 33.2. The molecule has 2 fully saturated rings. The molecule has 2 heterocycles. The van der Waals surface area contributed by atoms with E-state index in [1.807, 2.05) is 64.1 Å². The molecule has 5 amide bonds. The molecule has 4 aromatic rings. The number of aromatic nitrogens is 4. The van der Waals surface area contributed by atoms with Crippen LogP contribution in [-0.4, -0.2) is 97.9 Å². The zero-order valence-electron chi connectivity index (χ0n) is 33.2. The first-order valence-corrected chi connectivity index (χ1v) is 19.6. The quantitative estimate of drug-likeness (QED) is 0.108. The summed E-state index contributed by atoms with van der Waals surface area (Å²) in [6.45, 7) is 8.51. The predicted octanol–water partition coefficient (Wildman–Crippen LogP) is 5.32. The lowest BCUT2D eigenvalue weighted by molar-refractivity contribution is -0.130. The van der Waals surface area contributed by atoms with E-state index in [1.54, 1.807) is 30.3 Å². The number of hydrogen-bond donors (Lipinski definition) is 6. The number of H-pyrrole nitrogens is 1. The number of carbonyl (C=O) groups excluding carboxylic acids is 4. The number of hydrogen-bond acceptors (Lipinski definition) is 9.